The average Bonchev–Trinajstić information content (AvgIpc) is 2.50. The molecule has 0 aromatic heterocycles. The maximum atomic E-state index is 12.6. The van der Waals surface area contributed by atoms with Crippen LogP contribution < -0.4 is 29.6 Å². The summed E-state index contributed by atoms with van der Waals surface area (Å²) in [6.07, 6.45) is 0. The molecule has 136 valence electrons. The van der Waals surface area contributed by atoms with E-state index < -0.39 is 9.05 Å². The quantitative estimate of drug-likeness (QED) is 0.733. The van der Waals surface area contributed by atoms with Crippen LogP contribution in [0, 0.1) is 0 Å². The number of hydrogen-bond donors (Lipinski definition) is 2. The predicted octanol–water partition coefficient (Wildman–Crippen LogP) is 2.02. The van der Waals surface area contributed by atoms with Crippen molar-refractivity contribution in [2.45, 2.75) is 0 Å². The Balaban J connectivity index is 2.29. The molecule has 0 spiro atoms. The minimum atomic E-state index is -3.58. The van der Waals surface area contributed by atoms with Gasteiger partial charge in [-0.3, -0.25) is 0 Å². The minimum absolute atomic E-state index is 0.188. The van der Waals surface area contributed by atoms with Crippen LogP contribution in [-0.2, 0) is 20.2 Å². The summed E-state index contributed by atoms with van der Waals surface area (Å²) in [5, 5.41) is 0. The van der Waals surface area contributed by atoms with Crippen molar-refractivity contribution in [3.63, 3.8) is 0 Å². The van der Waals surface area contributed by atoms with Crippen molar-refractivity contribution in [3.8, 4) is 11.5 Å². The molecule has 9 heteroatoms. The number of nitrogen functional groups attached to an aromatic ring is 2. The molecule has 0 heterocycles. The third-order valence-electron chi connectivity index (χ3n) is 3.41. The van der Waals surface area contributed by atoms with Crippen LogP contribution in [0.1, 0.15) is 0 Å². The van der Waals surface area contributed by atoms with Gasteiger partial charge in [-0.15, -0.1) is 0 Å². The van der Waals surface area contributed by atoms with E-state index in [1.807, 2.05) is 50.1 Å². The lowest BCUT2D eigenvalue weighted by Gasteiger charge is -2.18. The zero-order chi connectivity index (χ0) is 18.8. The number of nitrogens with two attached hydrogens (primary N) is 2. The molecule has 0 aliphatic heterocycles. The van der Waals surface area contributed by atoms with Gasteiger partial charge in [0.1, 0.15) is 0 Å². The fourth-order valence-corrected chi connectivity index (χ4v) is 3.19. The van der Waals surface area contributed by atoms with Crippen molar-refractivity contribution in [1.29, 1.82) is 0 Å². The highest BCUT2D eigenvalue weighted by Crippen LogP contribution is 2.31. The first-order valence-electron chi connectivity index (χ1n) is 7.36. The lowest BCUT2D eigenvalue weighted by atomic mass is 10.2. The topological polar surface area (TPSA) is 94.0 Å². The molecule has 4 N–H and O–H groups in total. The Morgan fingerprint density at radius 1 is 0.840 bits per heavy atom. The van der Waals surface area contributed by atoms with Gasteiger partial charge in [-0.05, 0) is 24.3 Å². The van der Waals surface area contributed by atoms with Gasteiger partial charge in [0.25, 0.3) is 0 Å². The van der Waals surface area contributed by atoms with Gasteiger partial charge in [-0.1, -0.05) is 0 Å². The summed E-state index contributed by atoms with van der Waals surface area (Å²) in [6, 6.07) is 10.2. The van der Waals surface area contributed by atoms with Crippen LogP contribution >= 0.6 is 0 Å². The van der Waals surface area contributed by atoms with E-state index in [1.165, 1.54) is 0 Å². The smallest absolute Gasteiger partial charge is 0.361 e. The van der Waals surface area contributed by atoms with Gasteiger partial charge in [-0.2, -0.15) is 4.21 Å². The third-order valence-corrected chi connectivity index (χ3v) is 4.59. The summed E-state index contributed by atoms with van der Waals surface area (Å²) < 4.78 is 23.4. The number of rotatable bonds is 6. The fourth-order valence-electron chi connectivity index (χ4n) is 1.98. The monoisotopic (exact) mass is 382 g/mol. The lowest BCUT2D eigenvalue weighted by molar-refractivity contribution is 0.460. The largest absolute Gasteiger partial charge is 0.396 e. The molecule has 0 aliphatic rings. The summed E-state index contributed by atoms with van der Waals surface area (Å²) in [5.41, 5.74) is 14.0. The van der Waals surface area contributed by atoms with Gasteiger partial charge < -0.3 is 29.6 Å². The second-order valence-electron chi connectivity index (χ2n) is 5.81. The number of anilines is 4. The Morgan fingerprint density at radius 2 is 1.20 bits per heavy atom. The van der Waals surface area contributed by atoms with Crippen molar-refractivity contribution in [2.75, 3.05) is 49.5 Å². The van der Waals surface area contributed by atoms with Crippen molar-refractivity contribution < 1.29 is 12.6 Å². The highest BCUT2D eigenvalue weighted by atomic mass is 32.9. The van der Waals surface area contributed by atoms with E-state index in [0.29, 0.717) is 11.4 Å². The van der Waals surface area contributed by atoms with Gasteiger partial charge >= 0.3 is 9.05 Å². The molecule has 0 radical (unpaired) electrons. The summed E-state index contributed by atoms with van der Waals surface area (Å²) in [6.45, 7) is 0. The predicted molar refractivity (Wildman–Crippen MR) is 107 cm³/mol. The van der Waals surface area contributed by atoms with Crippen LogP contribution in [0.25, 0.3) is 0 Å². The van der Waals surface area contributed by atoms with E-state index in [2.05, 4.69) is 0 Å². The Kier molecular flexibility index (Phi) is 5.48. The van der Waals surface area contributed by atoms with E-state index in [9.17, 15) is 4.21 Å². The van der Waals surface area contributed by atoms with Crippen LogP contribution in [0.4, 0.5) is 22.7 Å². The Hall–Kier alpha value is -2.39. The molecule has 0 amide bonds. The molecular formula is C16H22N4O3S2. The highest BCUT2D eigenvalue weighted by Gasteiger charge is 2.17. The normalized spacial score (nSPS) is 11.0. The van der Waals surface area contributed by atoms with Crippen LogP contribution in [0.15, 0.2) is 36.4 Å². The highest BCUT2D eigenvalue weighted by molar-refractivity contribution is 8.27. The maximum absolute atomic E-state index is 12.6. The maximum Gasteiger partial charge on any atom is 0.361 e. The molecule has 0 bridgehead atoms. The summed E-state index contributed by atoms with van der Waals surface area (Å²) in [5.74, 6) is 0.377. The first-order chi connectivity index (χ1) is 11.6. The van der Waals surface area contributed by atoms with Crippen LogP contribution in [-0.4, -0.2) is 32.4 Å². The molecule has 2 aromatic rings. The van der Waals surface area contributed by atoms with E-state index in [4.69, 9.17) is 31.0 Å². The van der Waals surface area contributed by atoms with Crippen LogP contribution in [0.5, 0.6) is 11.5 Å². The summed E-state index contributed by atoms with van der Waals surface area (Å²) in [7, 11) is 3.88. The Labute approximate surface area is 153 Å². The lowest BCUT2D eigenvalue weighted by Crippen LogP contribution is -2.18. The number of nitrogens with zero attached hydrogens (tertiary/aromatic N) is 2. The first-order valence-corrected chi connectivity index (χ1v) is 9.70. The molecular weight excluding hydrogens is 360 g/mol. The molecule has 7 nitrogen and oxygen atoms in total. The van der Waals surface area contributed by atoms with E-state index in [1.54, 1.807) is 24.3 Å². The molecule has 0 atom stereocenters. The SMILES string of the molecule is CN(C)c1ccc(N)c(OS(=O)(=S)Oc2cc(N(C)C)ccc2N)c1. The molecule has 2 rings (SSSR count). The standard InChI is InChI=1S/C16H22N4O3S2/c1-19(2)11-5-7-13(17)15(9-11)22-25(21,24)23-16-10-12(20(3)4)6-8-14(16)18/h5-10H,17-18H2,1-4H3. The van der Waals surface area contributed by atoms with Crippen molar-refractivity contribution >= 4 is 43.0 Å². The summed E-state index contributed by atoms with van der Waals surface area (Å²) in [4.78, 5) is 3.72. The average molecular weight is 383 g/mol. The number of benzene rings is 2. The van der Waals surface area contributed by atoms with Gasteiger partial charge in [0, 0.05) is 51.7 Å². The zero-order valence-corrected chi connectivity index (χ0v) is 16.2. The first kappa shape index (κ1) is 18.9. The van der Waals surface area contributed by atoms with E-state index in [0.717, 1.165) is 11.4 Å². The third kappa shape index (κ3) is 4.80. The van der Waals surface area contributed by atoms with Gasteiger partial charge in [-0.25, -0.2) is 0 Å². The van der Waals surface area contributed by atoms with E-state index in [-0.39, 0.29) is 11.5 Å². The summed E-state index contributed by atoms with van der Waals surface area (Å²) >= 11 is 4.99. The molecule has 0 unspecified atom stereocenters. The fraction of sp³-hybridized carbons (Fsp3) is 0.250. The molecule has 0 aliphatic carbocycles. The Bertz CT molecular complexity index is 802. The molecule has 2 aromatic carbocycles. The second-order valence-corrected chi connectivity index (χ2v) is 8.18. The zero-order valence-electron chi connectivity index (χ0n) is 14.6. The molecule has 25 heavy (non-hydrogen) atoms. The van der Waals surface area contributed by atoms with Crippen molar-refractivity contribution in [2.24, 2.45) is 0 Å². The van der Waals surface area contributed by atoms with Crippen molar-refractivity contribution in [1.82, 2.24) is 0 Å². The minimum Gasteiger partial charge on any atom is -0.396 e. The molecule has 0 saturated heterocycles. The number of hydrogen-bond acceptors (Lipinski definition) is 8. The van der Waals surface area contributed by atoms with Crippen molar-refractivity contribution in [3.05, 3.63) is 36.4 Å². The van der Waals surface area contributed by atoms with E-state index >= 15 is 0 Å². The molecule has 0 saturated carbocycles. The van der Waals surface area contributed by atoms with Crippen LogP contribution in [0.3, 0.4) is 0 Å². The van der Waals surface area contributed by atoms with Crippen LogP contribution in [0.2, 0.25) is 0 Å². The Morgan fingerprint density at radius 3 is 1.52 bits per heavy atom. The van der Waals surface area contributed by atoms with Gasteiger partial charge in [0.15, 0.2) is 11.5 Å². The van der Waals surface area contributed by atoms with Gasteiger partial charge in [0.05, 0.1) is 22.6 Å². The second kappa shape index (κ2) is 7.24. The molecule has 0 fully saturated rings. The van der Waals surface area contributed by atoms with Gasteiger partial charge in [0.2, 0.25) is 0 Å².